The van der Waals surface area contributed by atoms with Gasteiger partial charge in [-0.2, -0.15) is 15.1 Å². The first kappa shape index (κ1) is 22.9. The summed E-state index contributed by atoms with van der Waals surface area (Å²) in [6.45, 7) is 6.48. The van der Waals surface area contributed by atoms with Crippen LogP contribution in [0.1, 0.15) is 37.6 Å². The van der Waals surface area contributed by atoms with E-state index in [1.807, 2.05) is 42.5 Å². The Morgan fingerprint density at radius 3 is 2.74 bits per heavy atom. The SMILES string of the molecule is CC(C)c1cc(Nc2cc(OC3CCN(C)C3)nc(NCc3cc(-c4ccccc4)no3)n2)n[nH]1. The van der Waals surface area contributed by atoms with Gasteiger partial charge in [0.25, 0.3) is 0 Å². The molecular weight excluding hydrogens is 444 g/mol. The van der Waals surface area contributed by atoms with Gasteiger partial charge in [-0.25, -0.2) is 0 Å². The molecule has 182 valence electrons. The molecule has 1 aliphatic rings. The van der Waals surface area contributed by atoms with Crippen molar-refractivity contribution in [2.45, 2.75) is 38.8 Å². The molecule has 1 fully saturated rings. The Balaban J connectivity index is 1.32. The van der Waals surface area contributed by atoms with E-state index in [-0.39, 0.29) is 6.10 Å². The quantitative estimate of drug-likeness (QED) is 0.324. The molecule has 0 amide bonds. The average molecular weight is 475 g/mol. The largest absolute Gasteiger partial charge is 0.473 e. The molecule has 1 aliphatic heterocycles. The summed E-state index contributed by atoms with van der Waals surface area (Å²) in [5.74, 6) is 3.24. The molecule has 3 N–H and O–H groups in total. The lowest BCUT2D eigenvalue weighted by Gasteiger charge is -2.15. The summed E-state index contributed by atoms with van der Waals surface area (Å²) in [6.07, 6.45) is 1.06. The molecule has 10 heteroatoms. The van der Waals surface area contributed by atoms with E-state index in [1.165, 1.54) is 0 Å². The number of anilines is 3. The van der Waals surface area contributed by atoms with Gasteiger partial charge < -0.3 is 24.8 Å². The van der Waals surface area contributed by atoms with Crippen molar-refractivity contribution in [3.63, 3.8) is 0 Å². The van der Waals surface area contributed by atoms with Crippen molar-refractivity contribution in [3.8, 4) is 17.1 Å². The molecule has 10 nitrogen and oxygen atoms in total. The number of hydrogen-bond donors (Lipinski definition) is 3. The number of nitrogens with zero attached hydrogens (tertiary/aromatic N) is 5. The fourth-order valence-electron chi connectivity index (χ4n) is 3.93. The van der Waals surface area contributed by atoms with Gasteiger partial charge in [-0.3, -0.25) is 5.10 Å². The van der Waals surface area contributed by atoms with Crippen LogP contribution in [0.3, 0.4) is 0 Å². The number of benzene rings is 1. The van der Waals surface area contributed by atoms with Gasteiger partial charge in [0, 0.05) is 42.5 Å². The van der Waals surface area contributed by atoms with Crippen LogP contribution < -0.4 is 15.4 Å². The van der Waals surface area contributed by atoms with Gasteiger partial charge in [0.2, 0.25) is 11.8 Å². The van der Waals surface area contributed by atoms with Gasteiger partial charge >= 0.3 is 0 Å². The normalized spacial score (nSPS) is 16.1. The van der Waals surface area contributed by atoms with E-state index in [2.05, 4.69) is 61.8 Å². The minimum atomic E-state index is 0.0937. The summed E-state index contributed by atoms with van der Waals surface area (Å²) in [5, 5.41) is 18.1. The lowest BCUT2D eigenvalue weighted by molar-refractivity contribution is 0.200. The van der Waals surface area contributed by atoms with Crippen molar-refractivity contribution >= 4 is 17.6 Å². The Hall–Kier alpha value is -3.92. The van der Waals surface area contributed by atoms with E-state index >= 15 is 0 Å². The minimum absolute atomic E-state index is 0.0937. The van der Waals surface area contributed by atoms with Crippen LogP contribution in [0.5, 0.6) is 5.88 Å². The maximum Gasteiger partial charge on any atom is 0.228 e. The van der Waals surface area contributed by atoms with Crippen molar-refractivity contribution in [1.29, 1.82) is 0 Å². The molecule has 0 saturated carbocycles. The fourth-order valence-corrected chi connectivity index (χ4v) is 3.93. The van der Waals surface area contributed by atoms with Crippen molar-refractivity contribution < 1.29 is 9.26 Å². The zero-order valence-electron chi connectivity index (χ0n) is 20.2. The molecule has 5 rings (SSSR count). The summed E-state index contributed by atoms with van der Waals surface area (Å²) < 4.78 is 11.7. The fraction of sp³-hybridized carbons (Fsp3) is 0.360. The third kappa shape index (κ3) is 5.78. The second-order valence-electron chi connectivity index (χ2n) is 9.09. The highest BCUT2D eigenvalue weighted by molar-refractivity contribution is 5.59. The van der Waals surface area contributed by atoms with E-state index in [0.717, 1.165) is 36.5 Å². The number of rotatable bonds is 9. The van der Waals surface area contributed by atoms with Gasteiger partial charge in [-0.05, 0) is 19.4 Å². The number of likely N-dealkylation sites (tertiary alicyclic amines) is 1. The Morgan fingerprint density at radius 2 is 2.00 bits per heavy atom. The number of hydrogen-bond acceptors (Lipinski definition) is 9. The van der Waals surface area contributed by atoms with Crippen LogP contribution >= 0.6 is 0 Å². The third-order valence-electron chi connectivity index (χ3n) is 5.86. The number of likely N-dealkylation sites (N-methyl/N-ethyl adjacent to an activating group) is 1. The number of H-pyrrole nitrogens is 1. The first-order valence-electron chi connectivity index (χ1n) is 11.8. The molecule has 0 radical (unpaired) electrons. The number of aromatic nitrogens is 5. The van der Waals surface area contributed by atoms with Crippen LogP contribution in [0.25, 0.3) is 11.3 Å². The molecule has 4 aromatic rings. The van der Waals surface area contributed by atoms with E-state index in [1.54, 1.807) is 6.07 Å². The maximum atomic E-state index is 6.19. The predicted molar refractivity (Wildman–Crippen MR) is 134 cm³/mol. The Bertz CT molecular complexity index is 1250. The molecule has 35 heavy (non-hydrogen) atoms. The zero-order valence-corrected chi connectivity index (χ0v) is 20.2. The van der Waals surface area contributed by atoms with Gasteiger partial charge in [-0.15, -0.1) is 0 Å². The second-order valence-corrected chi connectivity index (χ2v) is 9.09. The maximum absolute atomic E-state index is 6.19. The molecule has 4 heterocycles. The molecule has 1 atom stereocenters. The van der Waals surface area contributed by atoms with E-state index in [4.69, 9.17) is 9.26 Å². The predicted octanol–water partition coefficient (Wildman–Crippen LogP) is 4.42. The van der Waals surface area contributed by atoms with Crippen molar-refractivity contribution in [2.24, 2.45) is 0 Å². The van der Waals surface area contributed by atoms with Crippen molar-refractivity contribution in [2.75, 3.05) is 30.8 Å². The molecule has 1 unspecified atom stereocenters. The molecular formula is C25H30N8O2. The Morgan fingerprint density at radius 1 is 1.14 bits per heavy atom. The van der Waals surface area contributed by atoms with E-state index < -0.39 is 0 Å². The van der Waals surface area contributed by atoms with Gasteiger partial charge in [0.1, 0.15) is 17.6 Å². The van der Waals surface area contributed by atoms with Gasteiger partial charge in [0.15, 0.2) is 11.6 Å². The second kappa shape index (κ2) is 10.1. The van der Waals surface area contributed by atoms with Crippen LogP contribution in [-0.4, -0.2) is 56.5 Å². The average Bonchev–Trinajstić information content (AvgIpc) is 3.60. The molecule has 3 aromatic heterocycles. The van der Waals surface area contributed by atoms with Crippen LogP contribution in [0.2, 0.25) is 0 Å². The smallest absolute Gasteiger partial charge is 0.228 e. The van der Waals surface area contributed by atoms with Crippen LogP contribution in [-0.2, 0) is 6.54 Å². The standard InChI is InChI=1S/C25H30N8O2/c1-16(2)20-12-23(31-30-20)27-22-13-24(34-18-9-10-33(3)15-18)29-25(28-22)26-14-19-11-21(32-35-19)17-7-5-4-6-8-17/h4-8,11-13,16,18H,9-10,14-15H2,1-3H3,(H3,26,27,28,29,30,31). The van der Waals surface area contributed by atoms with Gasteiger partial charge in [0.05, 0.1) is 6.54 Å². The molecule has 0 spiro atoms. The summed E-state index contributed by atoms with van der Waals surface area (Å²) in [4.78, 5) is 11.4. The first-order chi connectivity index (χ1) is 17.0. The lowest BCUT2D eigenvalue weighted by atomic mass is 10.1. The number of nitrogens with one attached hydrogen (secondary N) is 3. The molecule has 0 aliphatic carbocycles. The highest BCUT2D eigenvalue weighted by Crippen LogP contribution is 2.24. The highest BCUT2D eigenvalue weighted by atomic mass is 16.5. The summed E-state index contributed by atoms with van der Waals surface area (Å²) in [5.41, 5.74) is 2.83. The van der Waals surface area contributed by atoms with Crippen molar-refractivity contribution in [1.82, 2.24) is 30.2 Å². The van der Waals surface area contributed by atoms with Crippen LogP contribution in [0, 0.1) is 0 Å². The first-order valence-corrected chi connectivity index (χ1v) is 11.8. The number of aromatic amines is 1. The summed E-state index contributed by atoms with van der Waals surface area (Å²) >= 11 is 0. The van der Waals surface area contributed by atoms with E-state index in [9.17, 15) is 0 Å². The summed E-state index contributed by atoms with van der Waals surface area (Å²) in [6, 6.07) is 15.6. The lowest BCUT2D eigenvalue weighted by Crippen LogP contribution is -2.22. The minimum Gasteiger partial charge on any atom is -0.473 e. The zero-order chi connectivity index (χ0) is 24.2. The molecule has 1 saturated heterocycles. The van der Waals surface area contributed by atoms with Crippen molar-refractivity contribution in [3.05, 3.63) is 60.0 Å². The van der Waals surface area contributed by atoms with Crippen LogP contribution in [0.4, 0.5) is 17.6 Å². The molecule has 0 bridgehead atoms. The molecule has 1 aromatic carbocycles. The number of ether oxygens (including phenoxy) is 1. The van der Waals surface area contributed by atoms with Gasteiger partial charge in [-0.1, -0.05) is 49.3 Å². The van der Waals surface area contributed by atoms with E-state index in [0.29, 0.717) is 41.7 Å². The topological polar surface area (TPSA) is 117 Å². The summed E-state index contributed by atoms with van der Waals surface area (Å²) in [7, 11) is 2.09. The van der Waals surface area contributed by atoms with Crippen LogP contribution in [0.15, 0.2) is 53.1 Å². The highest BCUT2D eigenvalue weighted by Gasteiger charge is 2.22. The Kier molecular flexibility index (Phi) is 6.62. The monoisotopic (exact) mass is 474 g/mol. The third-order valence-corrected chi connectivity index (χ3v) is 5.86. The Labute approximate surface area is 204 Å².